The van der Waals surface area contributed by atoms with E-state index in [1.807, 2.05) is 67.6 Å². The van der Waals surface area contributed by atoms with Crippen molar-refractivity contribution in [3.63, 3.8) is 0 Å². The highest BCUT2D eigenvalue weighted by atomic mass is 32.2. The van der Waals surface area contributed by atoms with Gasteiger partial charge >= 0.3 is 0 Å². The second kappa shape index (κ2) is 13.0. The van der Waals surface area contributed by atoms with Gasteiger partial charge in [0.2, 0.25) is 11.8 Å². The van der Waals surface area contributed by atoms with Crippen molar-refractivity contribution in [3.05, 3.63) is 78.4 Å². The van der Waals surface area contributed by atoms with E-state index in [2.05, 4.69) is 5.32 Å². The fraction of sp³-hybridized carbons (Fsp3) is 0.276. The molecule has 0 radical (unpaired) electrons. The molecule has 1 heterocycles. The molecule has 0 aliphatic carbocycles. The van der Waals surface area contributed by atoms with Crippen LogP contribution in [0.4, 0.5) is 11.4 Å². The number of carbonyl (C=O) groups excluding carboxylic acids is 2. The minimum Gasteiger partial charge on any atom is -0.494 e. The largest absolute Gasteiger partial charge is 0.494 e. The van der Waals surface area contributed by atoms with E-state index in [1.165, 1.54) is 11.8 Å². The zero-order valence-corrected chi connectivity index (χ0v) is 22.5. The maximum absolute atomic E-state index is 13.3. The van der Waals surface area contributed by atoms with Gasteiger partial charge in [-0.1, -0.05) is 42.1 Å². The summed E-state index contributed by atoms with van der Waals surface area (Å²) in [7, 11) is 3.19. The Morgan fingerprint density at radius 3 is 2.55 bits per heavy atom. The lowest BCUT2D eigenvalue weighted by atomic mass is 10.1. The van der Waals surface area contributed by atoms with Gasteiger partial charge in [0.1, 0.15) is 11.0 Å². The van der Waals surface area contributed by atoms with E-state index >= 15 is 0 Å². The number of methoxy groups -OCH3 is 2. The van der Waals surface area contributed by atoms with Crippen molar-refractivity contribution < 1.29 is 23.8 Å². The second-order valence-electron chi connectivity index (χ2n) is 8.48. The molecule has 1 saturated heterocycles. The third kappa shape index (κ3) is 6.86. The quantitative estimate of drug-likeness (QED) is 0.380. The van der Waals surface area contributed by atoms with Crippen molar-refractivity contribution in [2.24, 2.45) is 4.99 Å². The van der Waals surface area contributed by atoms with Crippen LogP contribution in [0.2, 0.25) is 0 Å². The van der Waals surface area contributed by atoms with E-state index in [9.17, 15) is 9.59 Å². The van der Waals surface area contributed by atoms with Gasteiger partial charge in [0.15, 0.2) is 16.7 Å². The van der Waals surface area contributed by atoms with Gasteiger partial charge in [0.25, 0.3) is 0 Å². The average Bonchev–Trinajstić information content (AvgIpc) is 2.93. The highest BCUT2D eigenvalue weighted by molar-refractivity contribution is 8.15. The lowest BCUT2D eigenvalue weighted by Crippen LogP contribution is -2.46. The molecule has 1 unspecified atom stereocenters. The van der Waals surface area contributed by atoms with Crippen LogP contribution in [0.5, 0.6) is 17.2 Å². The number of ether oxygens (including phenoxy) is 3. The van der Waals surface area contributed by atoms with Crippen LogP contribution >= 0.6 is 11.8 Å². The van der Waals surface area contributed by atoms with Crippen molar-refractivity contribution in [1.82, 2.24) is 4.90 Å². The van der Waals surface area contributed by atoms with Crippen LogP contribution in [0.3, 0.4) is 0 Å². The van der Waals surface area contributed by atoms with Crippen LogP contribution in [0.25, 0.3) is 0 Å². The lowest BCUT2D eigenvalue weighted by Gasteiger charge is -2.32. The monoisotopic (exact) mass is 533 g/mol. The minimum absolute atomic E-state index is 0.0708. The number of hydrogen-bond acceptors (Lipinski definition) is 7. The molecule has 3 aromatic carbocycles. The van der Waals surface area contributed by atoms with Crippen molar-refractivity contribution in [2.45, 2.75) is 25.0 Å². The molecular formula is C29H31N3O5S. The van der Waals surface area contributed by atoms with E-state index in [-0.39, 0.29) is 18.2 Å². The van der Waals surface area contributed by atoms with Crippen LogP contribution < -0.4 is 19.5 Å². The standard InChI is InChI=1S/C29H31N3O5S/c1-4-37-23-12-8-11-22(18-23)30-28(34)26-19-27(33)32(29(38-26)31-21-9-6-5-7-10-21)16-15-20-13-14-24(35-2)25(17-20)36-3/h5-14,17-18,26H,4,15-16,19H2,1-3H3,(H,30,34). The van der Waals surface area contributed by atoms with Crippen LogP contribution in [0, 0.1) is 0 Å². The molecule has 1 aliphatic rings. The number of para-hydroxylation sites is 1. The van der Waals surface area contributed by atoms with Gasteiger partial charge in [0.05, 0.1) is 26.5 Å². The summed E-state index contributed by atoms with van der Waals surface area (Å²) in [6.07, 6.45) is 0.656. The van der Waals surface area contributed by atoms with Gasteiger partial charge in [-0.2, -0.15) is 0 Å². The number of anilines is 1. The first-order chi connectivity index (χ1) is 18.5. The molecule has 1 N–H and O–H groups in total. The minimum atomic E-state index is -0.613. The zero-order chi connectivity index (χ0) is 26.9. The molecule has 38 heavy (non-hydrogen) atoms. The molecular weight excluding hydrogens is 502 g/mol. The smallest absolute Gasteiger partial charge is 0.238 e. The summed E-state index contributed by atoms with van der Waals surface area (Å²) in [5.41, 5.74) is 2.32. The Balaban J connectivity index is 1.52. The number of hydrogen-bond donors (Lipinski definition) is 1. The Hall–Kier alpha value is -3.98. The molecule has 2 amide bonds. The van der Waals surface area contributed by atoms with Gasteiger partial charge in [-0.15, -0.1) is 0 Å². The van der Waals surface area contributed by atoms with Gasteiger partial charge in [-0.05, 0) is 55.3 Å². The number of amidine groups is 1. The maximum Gasteiger partial charge on any atom is 0.238 e. The first-order valence-electron chi connectivity index (χ1n) is 12.4. The van der Waals surface area contributed by atoms with E-state index in [4.69, 9.17) is 19.2 Å². The Kier molecular flexibility index (Phi) is 9.26. The number of rotatable bonds is 10. The molecule has 3 aromatic rings. The number of aliphatic imine (C=N–C) groups is 1. The number of thioether (sulfide) groups is 1. The van der Waals surface area contributed by atoms with Crippen LogP contribution in [-0.2, 0) is 16.0 Å². The normalized spacial score (nSPS) is 16.3. The first kappa shape index (κ1) is 27.1. The molecule has 1 aliphatic heterocycles. The summed E-state index contributed by atoms with van der Waals surface area (Å²) >= 11 is 1.30. The van der Waals surface area contributed by atoms with Gasteiger partial charge < -0.3 is 19.5 Å². The highest BCUT2D eigenvalue weighted by Gasteiger charge is 2.36. The first-order valence-corrected chi connectivity index (χ1v) is 13.2. The molecule has 0 bridgehead atoms. The molecule has 9 heteroatoms. The number of nitrogens with one attached hydrogen (secondary N) is 1. The van der Waals surface area contributed by atoms with Crippen LogP contribution in [0.1, 0.15) is 18.9 Å². The Morgan fingerprint density at radius 2 is 1.82 bits per heavy atom. The fourth-order valence-corrected chi connectivity index (χ4v) is 5.13. The predicted octanol–water partition coefficient (Wildman–Crippen LogP) is 5.31. The molecule has 4 rings (SSSR count). The topological polar surface area (TPSA) is 89.5 Å². The Bertz CT molecular complexity index is 1300. The number of carbonyl (C=O) groups is 2. The molecule has 8 nitrogen and oxygen atoms in total. The van der Waals surface area contributed by atoms with Crippen LogP contribution in [-0.4, -0.2) is 54.5 Å². The summed E-state index contributed by atoms with van der Waals surface area (Å²) in [5.74, 6) is 1.55. The maximum atomic E-state index is 13.3. The van der Waals surface area contributed by atoms with E-state index in [0.717, 1.165) is 5.56 Å². The summed E-state index contributed by atoms with van der Waals surface area (Å²) in [6.45, 7) is 2.85. The van der Waals surface area contributed by atoms with Crippen molar-refractivity contribution in [1.29, 1.82) is 0 Å². The van der Waals surface area contributed by atoms with Gasteiger partial charge in [-0.25, -0.2) is 4.99 Å². The molecule has 0 spiro atoms. The van der Waals surface area contributed by atoms with Gasteiger partial charge in [0, 0.05) is 24.7 Å². The summed E-state index contributed by atoms with van der Waals surface area (Å²) in [5, 5.41) is 2.80. The highest BCUT2D eigenvalue weighted by Crippen LogP contribution is 2.32. The SMILES string of the molecule is CCOc1cccc(NC(=O)C2CC(=O)N(CCc3ccc(OC)c(OC)c3)C(=Nc3ccccc3)S2)c1. The summed E-state index contributed by atoms with van der Waals surface area (Å²) in [4.78, 5) is 32.9. The van der Waals surface area contributed by atoms with E-state index in [1.54, 1.807) is 31.3 Å². The third-order valence-electron chi connectivity index (χ3n) is 5.90. The van der Waals surface area contributed by atoms with Crippen molar-refractivity contribution in [3.8, 4) is 17.2 Å². The van der Waals surface area contributed by atoms with Crippen molar-refractivity contribution >= 4 is 40.1 Å². The third-order valence-corrected chi connectivity index (χ3v) is 7.09. The van der Waals surface area contributed by atoms with E-state index < -0.39 is 5.25 Å². The molecule has 1 atom stereocenters. The molecule has 198 valence electrons. The second-order valence-corrected chi connectivity index (χ2v) is 9.65. The number of amides is 2. The summed E-state index contributed by atoms with van der Waals surface area (Å²) < 4.78 is 16.3. The number of nitrogens with zero attached hydrogens (tertiary/aromatic N) is 2. The van der Waals surface area contributed by atoms with Crippen LogP contribution in [0.15, 0.2) is 77.8 Å². The number of benzene rings is 3. The van der Waals surface area contributed by atoms with Crippen molar-refractivity contribution in [2.75, 3.05) is 32.7 Å². The summed E-state index contributed by atoms with van der Waals surface area (Å²) in [6, 6.07) is 22.3. The predicted molar refractivity (Wildman–Crippen MR) is 151 cm³/mol. The van der Waals surface area contributed by atoms with Gasteiger partial charge in [-0.3, -0.25) is 14.5 Å². The Labute approximate surface area is 227 Å². The van der Waals surface area contributed by atoms with E-state index in [0.29, 0.717) is 53.4 Å². The molecule has 0 aromatic heterocycles. The fourth-order valence-electron chi connectivity index (χ4n) is 4.00. The zero-order valence-electron chi connectivity index (χ0n) is 21.7. The molecule has 0 saturated carbocycles. The average molecular weight is 534 g/mol. The lowest BCUT2D eigenvalue weighted by molar-refractivity contribution is -0.129. The Morgan fingerprint density at radius 1 is 1.03 bits per heavy atom. The molecule has 1 fully saturated rings.